The Labute approximate surface area is 110 Å². The number of rotatable bonds is 6. The lowest BCUT2D eigenvalue weighted by molar-refractivity contribution is -0.118. The topological polar surface area (TPSA) is 41.1 Å². The Hall–Kier alpha value is -1.35. The molecule has 1 unspecified atom stereocenters. The molecule has 0 aliphatic carbocycles. The third kappa shape index (κ3) is 4.49. The largest absolute Gasteiger partial charge is 0.325 e. The average Bonchev–Trinajstić information content (AvgIpc) is 2.38. The molecule has 0 heterocycles. The average molecular weight is 248 g/mol. The molecule has 0 aliphatic rings. The molecule has 0 saturated heterocycles. The summed E-state index contributed by atoms with van der Waals surface area (Å²) in [6.07, 6.45) is 2.08. The number of hydrogen-bond donors (Lipinski definition) is 2. The van der Waals surface area contributed by atoms with Crippen molar-refractivity contribution in [3.63, 3.8) is 0 Å². The number of amides is 1. The first-order valence-corrected chi connectivity index (χ1v) is 6.70. The van der Waals surface area contributed by atoms with Crippen LogP contribution < -0.4 is 10.6 Å². The van der Waals surface area contributed by atoms with Gasteiger partial charge in [0.1, 0.15) is 0 Å². The number of anilines is 1. The Balaban J connectivity index is 2.51. The molecule has 0 saturated carbocycles. The summed E-state index contributed by atoms with van der Waals surface area (Å²) < 4.78 is 0. The highest BCUT2D eigenvalue weighted by molar-refractivity contribution is 5.94. The number of benzene rings is 1. The second-order valence-electron chi connectivity index (χ2n) is 4.76. The first-order chi connectivity index (χ1) is 8.56. The maximum atomic E-state index is 12.0. The van der Waals surface area contributed by atoms with Crippen LogP contribution in [0.2, 0.25) is 0 Å². The van der Waals surface area contributed by atoms with Gasteiger partial charge >= 0.3 is 0 Å². The minimum absolute atomic E-state index is 0.0192. The van der Waals surface area contributed by atoms with Gasteiger partial charge in [0.05, 0.1) is 6.04 Å². The molecule has 0 aliphatic heterocycles. The van der Waals surface area contributed by atoms with Crippen LogP contribution in [0.4, 0.5) is 5.69 Å². The van der Waals surface area contributed by atoms with Gasteiger partial charge < -0.3 is 10.6 Å². The molecule has 0 spiro atoms. The van der Waals surface area contributed by atoms with E-state index in [0.29, 0.717) is 6.04 Å². The molecule has 1 rings (SSSR count). The van der Waals surface area contributed by atoms with Crippen molar-refractivity contribution in [1.29, 1.82) is 0 Å². The molecule has 2 N–H and O–H groups in total. The Kier molecular flexibility index (Phi) is 5.86. The molecule has 1 aromatic carbocycles. The monoisotopic (exact) mass is 248 g/mol. The molecule has 100 valence electrons. The Morgan fingerprint density at radius 2 is 1.72 bits per heavy atom. The molecular weight excluding hydrogens is 224 g/mol. The van der Waals surface area contributed by atoms with Gasteiger partial charge in [-0.2, -0.15) is 0 Å². The second kappa shape index (κ2) is 7.17. The minimum Gasteiger partial charge on any atom is -0.325 e. The SMILES string of the molecule is CCC(CC)NC(C)C(=O)Nc1ccc(C)cc1. The Morgan fingerprint density at radius 1 is 1.17 bits per heavy atom. The van der Waals surface area contributed by atoms with Crippen molar-refractivity contribution in [1.82, 2.24) is 5.32 Å². The zero-order valence-corrected chi connectivity index (χ0v) is 11.8. The molecule has 0 radical (unpaired) electrons. The fourth-order valence-electron chi connectivity index (χ4n) is 1.84. The van der Waals surface area contributed by atoms with Gasteiger partial charge in [0, 0.05) is 11.7 Å². The van der Waals surface area contributed by atoms with E-state index in [1.54, 1.807) is 0 Å². The summed E-state index contributed by atoms with van der Waals surface area (Å²) in [5, 5.41) is 6.26. The van der Waals surface area contributed by atoms with Crippen LogP contribution in [-0.2, 0) is 4.79 Å². The molecule has 3 heteroatoms. The second-order valence-corrected chi connectivity index (χ2v) is 4.76. The molecule has 1 aromatic rings. The fourth-order valence-corrected chi connectivity index (χ4v) is 1.84. The first kappa shape index (κ1) is 14.7. The molecule has 18 heavy (non-hydrogen) atoms. The van der Waals surface area contributed by atoms with Crippen LogP contribution in [0.25, 0.3) is 0 Å². The Morgan fingerprint density at radius 3 is 2.22 bits per heavy atom. The summed E-state index contributed by atoms with van der Waals surface area (Å²) in [6, 6.07) is 8.08. The summed E-state index contributed by atoms with van der Waals surface area (Å²) in [5.74, 6) is 0.0192. The van der Waals surface area contributed by atoms with E-state index in [4.69, 9.17) is 0 Å². The molecule has 0 aromatic heterocycles. The van der Waals surface area contributed by atoms with E-state index in [1.165, 1.54) is 5.56 Å². The molecule has 1 atom stereocenters. The predicted octanol–water partition coefficient (Wildman–Crippen LogP) is 3.10. The van der Waals surface area contributed by atoms with Crippen LogP contribution in [0.3, 0.4) is 0 Å². The number of hydrogen-bond acceptors (Lipinski definition) is 2. The van der Waals surface area contributed by atoms with Gasteiger partial charge in [0.15, 0.2) is 0 Å². The summed E-state index contributed by atoms with van der Waals surface area (Å²) in [5.41, 5.74) is 2.04. The Bertz CT molecular complexity index is 369. The van der Waals surface area contributed by atoms with Gasteiger partial charge in [-0.25, -0.2) is 0 Å². The third-order valence-electron chi connectivity index (χ3n) is 3.18. The lowest BCUT2D eigenvalue weighted by Crippen LogP contribution is -2.43. The van der Waals surface area contributed by atoms with E-state index in [1.807, 2.05) is 38.1 Å². The van der Waals surface area contributed by atoms with E-state index in [2.05, 4.69) is 24.5 Å². The third-order valence-corrected chi connectivity index (χ3v) is 3.18. The summed E-state index contributed by atoms with van der Waals surface area (Å²) in [4.78, 5) is 12.0. The van der Waals surface area contributed by atoms with Crippen molar-refractivity contribution in [2.24, 2.45) is 0 Å². The summed E-state index contributed by atoms with van der Waals surface area (Å²) in [6.45, 7) is 8.20. The molecular formula is C15H24N2O. The highest BCUT2D eigenvalue weighted by atomic mass is 16.2. The quantitative estimate of drug-likeness (QED) is 0.812. The van der Waals surface area contributed by atoms with Gasteiger partial charge in [-0.3, -0.25) is 4.79 Å². The molecule has 1 amide bonds. The zero-order chi connectivity index (χ0) is 13.5. The van der Waals surface area contributed by atoms with E-state index in [0.717, 1.165) is 18.5 Å². The number of aryl methyl sites for hydroxylation is 1. The van der Waals surface area contributed by atoms with E-state index >= 15 is 0 Å². The molecule has 3 nitrogen and oxygen atoms in total. The zero-order valence-electron chi connectivity index (χ0n) is 11.8. The van der Waals surface area contributed by atoms with Gasteiger partial charge in [-0.1, -0.05) is 31.5 Å². The van der Waals surface area contributed by atoms with Crippen LogP contribution in [0.1, 0.15) is 39.2 Å². The summed E-state index contributed by atoms with van der Waals surface area (Å²) in [7, 11) is 0. The highest BCUT2D eigenvalue weighted by Crippen LogP contribution is 2.09. The lowest BCUT2D eigenvalue weighted by Gasteiger charge is -2.20. The lowest BCUT2D eigenvalue weighted by atomic mass is 10.1. The number of carbonyl (C=O) groups excluding carboxylic acids is 1. The normalized spacial score (nSPS) is 12.5. The molecule has 0 bridgehead atoms. The fraction of sp³-hybridized carbons (Fsp3) is 0.533. The van der Waals surface area contributed by atoms with Crippen LogP contribution in [0.5, 0.6) is 0 Å². The van der Waals surface area contributed by atoms with Crippen LogP contribution in [-0.4, -0.2) is 18.0 Å². The summed E-state index contributed by atoms with van der Waals surface area (Å²) >= 11 is 0. The number of nitrogens with one attached hydrogen (secondary N) is 2. The van der Waals surface area contributed by atoms with Crippen molar-refractivity contribution < 1.29 is 4.79 Å². The van der Waals surface area contributed by atoms with Crippen LogP contribution in [0.15, 0.2) is 24.3 Å². The van der Waals surface area contributed by atoms with Gasteiger partial charge in [-0.15, -0.1) is 0 Å². The van der Waals surface area contributed by atoms with Crippen LogP contribution in [0, 0.1) is 6.92 Å². The molecule has 0 fully saturated rings. The highest BCUT2D eigenvalue weighted by Gasteiger charge is 2.15. The maximum Gasteiger partial charge on any atom is 0.241 e. The maximum absolute atomic E-state index is 12.0. The van der Waals surface area contributed by atoms with Crippen molar-refractivity contribution in [3.05, 3.63) is 29.8 Å². The predicted molar refractivity (Wildman–Crippen MR) is 76.8 cm³/mol. The minimum atomic E-state index is -0.170. The van der Waals surface area contributed by atoms with E-state index in [9.17, 15) is 4.79 Å². The van der Waals surface area contributed by atoms with E-state index in [-0.39, 0.29) is 11.9 Å². The van der Waals surface area contributed by atoms with Gasteiger partial charge in [0.25, 0.3) is 0 Å². The van der Waals surface area contributed by atoms with Crippen LogP contribution >= 0.6 is 0 Å². The van der Waals surface area contributed by atoms with E-state index < -0.39 is 0 Å². The smallest absolute Gasteiger partial charge is 0.241 e. The van der Waals surface area contributed by atoms with Gasteiger partial charge in [0.2, 0.25) is 5.91 Å². The number of carbonyl (C=O) groups is 1. The standard InChI is InChI=1S/C15H24N2O/c1-5-13(6-2)16-12(4)15(18)17-14-9-7-11(3)8-10-14/h7-10,12-13,16H,5-6H2,1-4H3,(H,17,18). The van der Waals surface area contributed by atoms with Crippen molar-refractivity contribution in [2.45, 2.75) is 52.6 Å². The first-order valence-electron chi connectivity index (χ1n) is 6.70. The van der Waals surface area contributed by atoms with Crippen molar-refractivity contribution in [2.75, 3.05) is 5.32 Å². The van der Waals surface area contributed by atoms with Crippen molar-refractivity contribution in [3.8, 4) is 0 Å². The van der Waals surface area contributed by atoms with Crippen molar-refractivity contribution >= 4 is 11.6 Å². The van der Waals surface area contributed by atoms with Gasteiger partial charge in [-0.05, 0) is 38.8 Å².